The van der Waals surface area contributed by atoms with Crippen LogP contribution in [0.2, 0.25) is 0 Å². The van der Waals surface area contributed by atoms with E-state index in [4.69, 9.17) is 0 Å². The van der Waals surface area contributed by atoms with Crippen molar-refractivity contribution in [3.8, 4) is 0 Å². The molecule has 2 fully saturated rings. The number of aliphatic hydroxyl groups excluding tert-OH is 1. The van der Waals surface area contributed by atoms with E-state index < -0.39 is 21.2 Å². The van der Waals surface area contributed by atoms with Crippen LogP contribution in [0.25, 0.3) is 0 Å². The van der Waals surface area contributed by atoms with Gasteiger partial charge in [0.15, 0.2) is 9.84 Å². The first-order valence-corrected chi connectivity index (χ1v) is 9.71. The van der Waals surface area contributed by atoms with Gasteiger partial charge in [0, 0.05) is 12.6 Å². The fraction of sp³-hybridized carbons (Fsp3) is 0.800. The maximum Gasteiger partial charge on any atom is 0.155 e. The van der Waals surface area contributed by atoms with Gasteiger partial charge < -0.3 is 5.11 Å². The van der Waals surface area contributed by atoms with E-state index in [0.29, 0.717) is 18.9 Å². The lowest BCUT2D eigenvalue weighted by atomic mass is 10.1. The Hall–Kier alpha value is -0.880. The van der Waals surface area contributed by atoms with Gasteiger partial charge in [-0.2, -0.15) is 5.10 Å². The smallest absolute Gasteiger partial charge is 0.155 e. The highest BCUT2D eigenvalue weighted by molar-refractivity contribution is 7.92. The number of sulfone groups is 1. The van der Waals surface area contributed by atoms with Crippen molar-refractivity contribution in [2.45, 2.75) is 68.8 Å². The molecule has 3 rings (SSSR count). The summed E-state index contributed by atoms with van der Waals surface area (Å²) in [5.41, 5.74) is 0.801. The first-order valence-electron chi connectivity index (χ1n) is 8.00. The third kappa shape index (κ3) is 3.31. The second kappa shape index (κ2) is 6.08. The molecule has 0 radical (unpaired) electrons. The van der Waals surface area contributed by atoms with Crippen molar-refractivity contribution in [2.24, 2.45) is 0 Å². The van der Waals surface area contributed by atoms with Crippen molar-refractivity contribution in [1.82, 2.24) is 9.78 Å². The van der Waals surface area contributed by atoms with Gasteiger partial charge in [0.25, 0.3) is 0 Å². The number of aliphatic hydroxyl groups is 1. The van der Waals surface area contributed by atoms with Crippen molar-refractivity contribution in [1.29, 1.82) is 0 Å². The Morgan fingerprint density at radius 3 is 2.67 bits per heavy atom. The lowest BCUT2D eigenvalue weighted by molar-refractivity contribution is 0.160. The van der Waals surface area contributed by atoms with E-state index in [9.17, 15) is 13.5 Å². The van der Waals surface area contributed by atoms with Crippen molar-refractivity contribution >= 4 is 9.84 Å². The molecule has 1 aliphatic carbocycles. The predicted octanol–water partition coefficient (Wildman–Crippen LogP) is 1.87. The summed E-state index contributed by atoms with van der Waals surface area (Å²) in [4.78, 5) is 0. The number of hydrogen-bond acceptors (Lipinski definition) is 4. The number of hydrogen-bond donors (Lipinski definition) is 1. The molecule has 2 atom stereocenters. The summed E-state index contributed by atoms with van der Waals surface area (Å²) < 4.78 is 26.1. The molecule has 2 heterocycles. The Balaban J connectivity index is 1.65. The summed E-state index contributed by atoms with van der Waals surface area (Å²) in [5, 5.41) is 14.2. The van der Waals surface area contributed by atoms with Crippen LogP contribution in [0.1, 0.15) is 56.7 Å². The molecule has 1 aromatic heterocycles. The topological polar surface area (TPSA) is 72.2 Å². The summed E-state index contributed by atoms with van der Waals surface area (Å²) in [5.74, 6) is 0.214. The van der Waals surface area contributed by atoms with E-state index in [1.54, 1.807) is 0 Å². The Kier molecular flexibility index (Phi) is 4.36. The fourth-order valence-electron chi connectivity index (χ4n) is 3.62. The van der Waals surface area contributed by atoms with E-state index in [1.807, 2.05) is 16.9 Å². The number of aromatic nitrogens is 2. The predicted molar refractivity (Wildman–Crippen MR) is 80.9 cm³/mol. The standard InChI is InChI=1S/C15H24N2O3S/c18-14(15-7-3-4-10-21(15,19)20)11-12-8-9-17(16-12)13-5-1-2-6-13/h8-9,13-15,18H,1-7,10-11H2. The molecule has 1 N–H and O–H groups in total. The molecular formula is C15H24N2O3S. The van der Waals surface area contributed by atoms with Gasteiger partial charge in [-0.05, 0) is 31.7 Å². The van der Waals surface area contributed by atoms with Crippen LogP contribution >= 0.6 is 0 Å². The zero-order valence-corrected chi connectivity index (χ0v) is 13.1. The summed E-state index contributed by atoms with van der Waals surface area (Å²) in [7, 11) is -3.14. The monoisotopic (exact) mass is 312 g/mol. The molecule has 0 bridgehead atoms. The van der Waals surface area contributed by atoms with Gasteiger partial charge in [0.2, 0.25) is 0 Å². The molecule has 2 aliphatic rings. The van der Waals surface area contributed by atoms with Crippen molar-refractivity contribution in [2.75, 3.05) is 5.75 Å². The van der Waals surface area contributed by atoms with Crippen LogP contribution < -0.4 is 0 Å². The Bertz CT molecular complexity index is 575. The van der Waals surface area contributed by atoms with Crippen LogP contribution in [0, 0.1) is 0 Å². The molecule has 1 aliphatic heterocycles. The molecule has 1 saturated heterocycles. The molecule has 5 nitrogen and oxygen atoms in total. The maximum absolute atomic E-state index is 12.0. The van der Waals surface area contributed by atoms with Gasteiger partial charge in [-0.3, -0.25) is 4.68 Å². The third-order valence-corrected chi connectivity index (χ3v) is 7.17. The third-order valence-electron chi connectivity index (χ3n) is 4.84. The molecule has 118 valence electrons. The second-order valence-electron chi connectivity index (χ2n) is 6.40. The number of nitrogens with zero attached hydrogens (tertiary/aromatic N) is 2. The first kappa shape index (κ1) is 15.0. The SMILES string of the molecule is O=S1(=O)CCCCC1C(O)Cc1ccn(C2CCCC2)n1. The van der Waals surface area contributed by atoms with Crippen LogP contribution in [0.3, 0.4) is 0 Å². The lowest BCUT2D eigenvalue weighted by Gasteiger charge is -2.26. The van der Waals surface area contributed by atoms with Gasteiger partial charge in [-0.15, -0.1) is 0 Å². The summed E-state index contributed by atoms with van der Waals surface area (Å²) in [6.07, 6.45) is 8.50. The zero-order chi connectivity index (χ0) is 14.9. The van der Waals surface area contributed by atoms with Crippen LogP contribution in [-0.4, -0.2) is 40.4 Å². The van der Waals surface area contributed by atoms with Crippen LogP contribution in [0.5, 0.6) is 0 Å². The minimum absolute atomic E-state index is 0.214. The van der Waals surface area contributed by atoms with Gasteiger partial charge in [0.05, 0.1) is 28.8 Å². The van der Waals surface area contributed by atoms with E-state index in [0.717, 1.165) is 18.5 Å². The Labute approximate surface area is 126 Å². The average Bonchev–Trinajstić information content (AvgIpc) is 3.08. The number of rotatable bonds is 4. The molecule has 1 saturated carbocycles. The zero-order valence-electron chi connectivity index (χ0n) is 12.3. The van der Waals surface area contributed by atoms with Crippen LogP contribution in [0.15, 0.2) is 12.3 Å². The van der Waals surface area contributed by atoms with Crippen LogP contribution in [-0.2, 0) is 16.3 Å². The molecule has 6 heteroatoms. The fourth-order valence-corrected chi connectivity index (χ4v) is 5.63. The van der Waals surface area contributed by atoms with Gasteiger partial charge in [-0.1, -0.05) is 19.3 Å². The molecule has 2 unspecified atom stereocenters. The molecule has 1 aromatic rings. The summed E-state index contributed by atoms with van der Waals surface area (Å²) in [6.45, 7) is 0. The quantitative estimate of drug-likeness (QED) is 0.921. The Morgan fingerprint density at radius 1 is 1.24 bits per heavy atom. The molecule has 0 aromatic carbocycles. The highest BCUT2D eigenvalue weighted by Crippen LogP contribution is 2.29. The van der Waals surface area contributed by atoms with Gasteiger partial charge in [-0.25, -0.2) is 8.42 Å². The van der Waals surface area contributed by atoms with Gasteiger partial charge >= 0.3 is 0 Å². The highest BCUT2D eigenvalue weighted by atomic mass is 32.2. The second-order valence-corrected chi connectivity index (χ2v) is 8.74. The first-order chi connectivity index (χ1) is 10.1. The highest BCUT2D eigenvalue weighted by Gasteiger charge is 2.35. The van der Waals surface area contributed by atoms with E-state index in [-0.39, 0.29) is 5.75 Å². The van der Waals surface area contributed by atoms with Crippen molar-refractivity contribution < 1.29 is 13.5 Å². The lowest BCUT2D eigenvalue weighted by Crippen LogP contribution is -2.39. The van der Waals surface area contributed by atoms with E-state index >= 15 is 0 Å². The molecule has 0 amide bonds. The van der Waals surface area contributed by atoms with Gasteiger partial charge in [0.1, 0.15) is 0 Å². The van der Waals surface area contributed by atoms with E-state index in [2.05, 4.69) is 5.10 Å². The summed E-state index contributed by atoms with van der Waals surface area (Å²) in [6, 6.07) is 2.39. The minimum Gasteiger partial charge on any atom is -0.391 e. The van der Waals surface area contributed by atoms with Crippen LogP contribution in [0.4, 0.5) is 0 Å². The molecule has 21 heavy (non-hydrogen) atoms. The average molecular weight is 312 g/mol. The van der Waals surface area contributed by atoms with E-state index in [1.165, 1.54) is 25.7 Å². The summed E-state index contributed by atoms with van der Waals surface area (Å²) >= 11 is 0. The molecule has 0 spiro atoms. The minimum atomic E-state index is -3.14. The van der Waals surface area contributed by atoms with Crippen molar-refractivity contribution in [3.05, 3.63) is 18.0 Å². The maximum atomic E-state index is 12.0. The van der Waals surface area contributed by atoms with Crippen molar-refractivity contribution in [3.63, 3.8) is 0 Å². The Morgan fingerprint density at radius 2 is 1.95 bits per heavy atom. The normalized spacial score (nSPS) is 27.8. The largest absolute Gasteiger partial charge is 0.391 e. The molecular weight excluding hydrogens is 288 g/mol.